The molecule has 0 aliphatic carbocycles. The number of ether oxygens (including phenoxy) is 2. The molecule has 0 bridgehead atoms. The number of esters is 1. The Morgan fingerprint density at radius 1 is 1.13 bits per heavy atom. The van der Waals surface area contributed by atoms with Crippen LogP contribution < -0.4 is 5.32 Å². The first-order chi connectivity index (χ1) is 13.7. The maximum Gasteiger partial charge on any atom is 0.410 e. The predicted molar refractivity (Wildman–Crippen MR) is 130 cm³/mol. The van der Waals surface area contributed by atoms with Gasteiger partial charge >= 0.3 is 12.1 Å². The van der Waals surface area contributed by atoms with Gasteiger partial charge in [-0.3, -0.25) is 9.79 Å². The lowest BCUT2D eigenvalue weighted by molar-refractivity contribution is -0.149. The molecule has 0 atom stereocenters. The van der Waals surface area contributed by atoms with Gasteiger partial charge in [0, 0.05) is 32.7 Å². The van der Waals surface area contributed by atoms with E-state index in [9.17, 15) is 9.59 Å². The molecule has 0 radical (unpaired) electrons. The first-order valence-electron chi connectivity index (χ1n) is 10.9. The third-order valence-corrected chi connectivity index (χ3v) is 4.53. The molecule has 30 heavy (non-hydrogen) atoms. The molecule has 9 heteroatoms. The molecule has 1 aliphatic heterocycles. The second kappa shape index (κ2) is 14.7. The minimum Gasteiger partial charge on any atom is -0.466 e. The topological polar surface area (TPSA) is 83.5 Å². The van der Waals surface area contributed by atoms with E-state index in [2.05, 4.69) is 10.2 Å². The number of carbonyl (C=O) groups is 2. The summed E-state index contributed by atoms with van der Waals surface area (Å²) >= 11 is 0. The summed E-state index contributed by atoms with van der Waals surface area (Å²) < 4.78 is 10.6. The van der Waals surface area contributed by atoms with Gasteiger partial charge in [0.2, 0.25) is 0 Å². The van der Waals surface area contributed by atoms with Gasteiger partial charge in [-0.2, -0.15) is 0 Å². The van der Waals surface area contributed by atoms with E-state index in [-0.39, 0.29) is 42.0 Å². The highest BCUT2D eigenvalue weighted by atomic mass is 127. The zero-order chi connectivity index (χ0) is 21.9. The van der Waals surface area contributed by atoms with Crippen LogP contribution in [0.15, 0.2) is 4.99 Å². The van der Waals surface area contributed by atoms with Crippen molar-refractivity contribution in [2.24, 2.45) is 10.9 Å². The fraction of sp³-hybridized carbons (Fsp3) is 0.857. The van der Waals surface area contributed by atoms with Crippen LogP contribution in [-0.4, -0.2) is 79.3 Å². The molecular weight excluding hydrogens is 499 g/mol. The van der Waals surface area contributed by atoms with Gasteiger partial charge in [0.25, 0.3) is 0 Å². The molecular formula is C21H41IN4O4. The number of guanidine groups is 1. The smallest absolute Gasteiger partial charge is 0.410 e. The second-order valence-electron chi connectivity index (χ2n) is 8.22. The van der Waals surface area contributed by atoms with E-state index in [0.717, 1.165) is 44.9 Å². The van der Waals surface area contributed by atoms with Crippen LogP contribution in [0.5, 0.6) is 0 Å². The van der Waals surface area contributed by atoms with E-state index in [4.69, 9.17) is 14.5 Å². The van der Waals surface area contributed by atoms with Crippen LogP contribution in [-0.2, 0) is 14.3 Å². The largest absolute Gasteiger partial charge is 0.466 e. The third-order valence-electron chi connectivity index (χ3n) is 4.53. The predicted octanol–water partition coefficient (Wildman–Crippen LogP) is 3.49. The maximum absolute atomic E-state index is 12.4. The molecule has 1 heterocycles. The van der Waals surface area contributed by atoms with E-state index < -0.39 is 5.60 Å². The van der Waals surface area contributed by atoms with Gasteiger partial charge in [-0.05, 0) is 53.9 Å². The highest BCUT2D eigenvalue weighted by molar-refractivity contribution is 14.0. The minimum absolute atomic E-state index is 0. The quantitative estimate of drug-likeness (QED) is 0.220. The van der Waals surface area contributed by atoms with Crippen molar-refractivity contribution >= 4 is 42.0 Å². The van der Waals surface area contributed by atoms with E-state index >= 15 is 0 Å². The normalized spacial score (nSPS) is 15.3. The number of aliphatic imine (C=N–C) groups is 1. The first kappa shape index (κ1) is 28.7. The van der Waals surface area contributed by atoms with Gasteiger partial charge in [0.1, 0.15) is 5.60 Å². The van der Waals surface area contributed by atoms with Crippen molar-refractivity contribution in [3.05, 3.63) is 0 Å². The van der Waals surface area contributed by atoms with Gasteiger partial charge in [-0.1, -0.05) is 6.92 Å². The summed E-state index contributed by atoms with van der Waals surface area (Å²) in [4.78, 5) is 32.9. The zero-order valence-electron chi connectivity index (χ0n) is 19.5. The van der Waals surface area contributed by atoms with Gasteiger partial charge < -0.3 is 24.6 Å². The van der Waals surface area contributed by atoms with Crippen LogP contribution in [0.3, 0.4) is 0 Å². The van der Waals surface area contributed by atoms with Crippen molar-refractivity contribution in [3.63, 3.8) is 0 Å². The Bertz CT molecular complexity index is 544. The van der Waals surface area contributed by atoms with E-state index in [1.807, 2.05) is 41.5 Å². The van der Waals surface area contributed by atoms with Crippen molar-refractivity contribution in [2.75, 3.05) is 45.9 Å². The lowest BCUT2D eigenvalue weighted by atomic mass is 9.97. The first-order valence-corrected chi connectivity index (χ1v) is 10.9. The van der Waals surface area contributed by atoms with Crippen molar-refractivity contribution in [1.82, 2.24) is 15.1 Å². The minimum atomic E-state index is -0.509. The molecule has 0 aromatic carbocycles. The van der Waals surface area contributed by atoms with Crippen LogP contribution in [0.2, 0.25) is 0 Å². The van der Waals surface area contributed by atoms with Gasteiger partial charge in [0.05, 0.1) is 19.1 Å². The summed E-state index contributed by atoms with van der Waals surface area (Å²) in [5.41, 5.74) is -0.509. The fourth-order valence-corrected chi connectivity index (χ4v) is 3.18. The molecule has 1 N–H and O–H groups in total. The van der Waals surface area contributed by atoms with E-state index in [1.165, 1.54) is 0 Å². The van der Waals surface area contributed by atoms with Crippen LogP contribution in [0.4, 0.5) is 4.79 Å². The summed E-state index contributed by atoms with van der Waals surface area (Å²) in [6.07, 6.45) is 2.10. The monoisotopic (exact) mass is 540 g/mol. The number of likely N-dealkylation sites (tertiary alicyclic amines) is 1. The molecule has 1 fully saturated rings. The molecule has 1 rings (SSSR count). The average molecular weight is 540 g/mol. The molecule has 8 nitrogen and oxygen atoms in total. The Morgan fingerprint density at radius 3 is 2.27 bits per heavy atom. The number of piperidine rings is 1. The summed E-state index contributed by atoms with van der Waals surface area (Å²) in [6, 6.07) is 0. The van der Waals surface area contributed by atoms with Gasteiger partial charge in [0.15, 0.2) is 5.96 Å². The van der Waals surface area contributed by atoms with Crippen molar-refractivity contribution in [2.45, 2.75) is 66.4 Å². The number of carbonyl (C=O) groups excluding carboxylic acids is 2. The number of hydrogen-bond donors (Lipinski definition) is 1. The van der Waals surface area contributed by atoms with Crippen LogP contribution >= 0.6 is 24.0 Å². The molecule has 0 spiro atoms. The Kier molecular flexibility index (Phi) is 14.1. The number of rotatable bonds is 8. The number of amides is 1. The van der Waals surface area contributed by atoms with Crippen molar-refractivity contribution < 1.29 is 19.1 Å². The lowest BCUT2D eigenvalue weighted by Crippen LogP contribution is -2.47. The van der Waals surface area contributed by atoms with Crippen LogP contribution in [0, 0.1) is 5.92 Å². The Labute approximate surface area is 199 Å². The van der Waals surface area contributed by atoms with Crippen molar-refractivity contribution in [3.8, 4) is 0 Å². The van der Waals surface area contributed by atoms with Crippen LogP contribution in [0.25, 0.3) is 0 Å². The zero-order valence-corrected chi connectivity index (χ0v) is 21.9. The number of nitrogens with zero attached hydrogens (tertiary/aromatic N) is 3. The molecule has 1 saturated heterocycles. The molecule has 1 aliphatic rings. The molecule has 1 amide bonds. The molecule has 0 aromatic rings. The maximum atomic E-state index is 12.4. The number of hydrogen-bond acceptors (Lipinski definition) is 5. The Balaban J connectivity index is 0.00000841. The fourth-order valence-electron chi connectivity index (χ4n) is 3.18. The van der Waals surface area contributed by atoms with Crippen molar-refractivity contribution in [1.29, 1.82) is 0 Å². The highest BCUT2D eigenvalue weighted by Crippen LogP contribution is 2.19. The molecule has 0 saturated carbocycles. The van der Waals surface area contributed by atoms with Gasteiger partial charge in [-0.15, -0.1) is 24.0 Å². The van der Waals surface area contributed by atoms with Gasteiger partial charge in [-0.25, -0.2) is 4.79 Å². The molecule has 0 unspecified atom stereocenters. The van der Waals surface area contributed by atoms with Crippen LogP contribution in [0.1, 0.15) is 60.8 Å². The SMILES string of the molecule is CCCN(CCN=C(NCC)N1CCC(C(=O)OCC)CC1)C(=O)OC(C)(C)C.I. The third kappa shape index (κ3) is 10.7. The molecule has 0 aromatic heterocycles. The van der Waals surface area contributed by atoms with E-state index in [1.54, 1.807) is 4.90 Å². The Morgan fingerprint density at radius 2 is 1.77 bits per heavy atom. The highest BCUT2D eigenvalue weighted by Gasteiger charge is 2.27. The average Bonchev–Trinajstić information content (AvgIpc) is 2.65. The second-order valence-corrected chi connectivity index (χ2v) is 8.22. The number of nitrogens with one attached hydrogen (secondary N) is 1. The number of halogens is 1. The standard InChI is InChI=1S/C21H40N4O4.HI/c1-7-13-25(20(27)29-21(4,5)6)16-12-23-19(22-8-2)24-14-10-17(11-15-24)18(26)28-9-3;/h17H,7-16H2,1-6H3,(H,22,23);1H. The van der Waals surface area contributed by atoms with E-state index in [0.29, 0.717) is 26.2 Å². The summed E-state index contributed by atoms with van der Waals surface area (Å²) in [7, 11) is 0. The summed E-state index contributed by atoms with van der Waals surface area (Å²) in [5.74, 6) is 0.707. The lowest BCUT2D eigenvalue weighted by Gasteiger charge is -2.33. The molecule has 176 valence electrons. The summed E-state index contributed by atoms with van der Waals surface area (Å²) in [5, 5.41) is 3.32. The Hall–Kier alpha value is -1.26. The summed E-state index contributed by atoms with van der Waals surface area (Å²) in [6.45, 7) is 15.9.